The number of aliphatic imine (C=N–C) groups is 1. The van der Waals surface area contributed by atoms with Crippen LogP contribution in [0.2, 0.25) is 0 Å². The van der Waals surface area contributed by atoms with E-state index in [0.29, 0.717) is 0 Å². The van der Waals surface area contributed by atoms with Crippen molar-refractivity contribution < 1.29 is 4.42 Å². The van der Waals surface area contributed by atoms with Crippen LogP contribution in [0.15, 0.2) is 27.8 Å². The molecule has 0 aliphatic heterocycles. The highest BCUT2D eigenvalue weighted by Crippen LogP contribution is 2.22. The Labute approximate surface area is 77.3 Å². The summed E-state index contributed by atoms with van der Waals surface area (Å²) >= 11 is 4.56. The zero-order valence-corrected chi connectivity index (χ0v) is 7.80. The number of isothiocyanates is 1. The molecule has 0 aliphatic carbocycles. The first-order valence-electron chi connectivity index (χ1n) is 3.99. The molecule has 1 heterocycles. The van der Waals surface area contributed by atoms with Crippen molar-refractivity contribution in [3.05, 3.63) is 24.2 Å². The van der Waals surface area contributed by atoms with Crippen LogP contribution in [0.25, 0.3) is 0 Å². The van der Waals surface area contributed by atoms with Gasteiger partial charge >= 0.3 is 0 Å². The van der Waals surface area contributed by atoms with E-state index in [-0.39, 0.29) is 6.04 Å². The molecule has 0 aliphatic rings. The fraction of sp³-hybridized carbons (Fsp3) is 0.444. The molecular weight excluding hydrogens is 170 g/mol. The van der Waals surface area contributed by atoms with Gasteiger partial charge in [-0.3, -0.25) is 0 Å². The predicted molar refractivity (Wildman–Crippen MR) is 51.4 cm³/mol. The van der Waals surface area contributed by atoms with Gasteiger partial charge in [0, 0.05) is 0 Å². The molecule has 0 spiro atoms. The molecule has 2 nitrogen and oxygen atoms in total. The zero-order valence-electron chi connectivity index (χ0n) is 6.99. The highest BCUT2D eigenvalue weighted by atomic mass is 32.1. The van der Waals surface area contributed by atoms with E-state index in [2.05, 4.69) is 29.3 Å². The van der Waals surface area contributed by atoms with Gasteiger partial charge in [0.05, 0.1) is 11.4 Å². The average molecular weight is 181 g/mol. The van der Waals surface area contributed by atoms with Crippen molar-refractivity contribution in [2.45, 2.75) is 25.8 Å². The highest BCUT2D eigenvalue weighted by molar-refractivity contribution is 7.78. The second kappa shape index (κ2) is 4.86. The Balaban J connectivity index is 2.72. The Hall–Kier alpha value is -0.920. The van der Waals surface area contributed by atoms with E-state index in [0.717, 1.165) is 18.6 Å². The van der Waals surface area contributed by atoms with Crippen molar-refractivity contribution in [3.8, 4) is 0 Å². The first-order valence-corrected chi connectivity index (χ1v) is 4.39. The minimum absolute atomic E-state index is 0.0579. The van der Waals surface area contributed by atoms with Gasteiger partial charge in [-0.15, -0.1) is 0 Å². The molecular formula is C9H11NOS. The van der Waals surface area contributed by atoms with E-state index in [1.165, 1.54) is 0 Å². The molecule has 1 unspecified atom stereocenters. The van der Waals surface area contributed by atoms with Gasteiger partial charge in [-0.2, -0.15) is 0 Å². The lowest BCUT2D eigenvalue weighted by atomic mass is 10.1. The summed E-state index contributed by atoms with van der Waals surface area (Å²) < 4.78 is 5.22. The van der Waals surface area contributed by atoms with E-state index in [1.54, 1.807) is 6.26 Å². The third-order valence-electron chi connectivity index (χ3n) is 1.64. The van der Waals surface area contributed by atoms with Gasteiger partial charge in [0.2, 0.25) is 0 Å². The Kier molecular flexibility index (Phi) is 3.71. The maximum atomic E-state index is 5.22. The number of thiocarbonyl (C=S) groups is 1. The fourth-order valence-electron chi connectivity index (χ4n) is 1.09. The monoisotopic (exact) mass is 181 g/mol. The third-order valence-corrected chi connectivity index (χ3v) is 1.75. The summed E-state index contributed by atoms with van der Waals surface area (Å²) in [6.45, 7) is 2.11. The maximum absolute atomic E-state index is 5.22. The van der Waals surface area contributed by atoms with Crippen LogP contribution in [0.3, 0.4) is 0 Å². The van der Waals surface area contributed by atoms with Crippen molar-refractivity contribution in [1.82, 2.24) is 0 Å². The van der Waals surface area contributed by atoms with Crippen molar-refractivity contribution in [3.63, 3.8) is 0 Å². The molecule has 0 bridgehead atoms. The summed E-state index contributed by atoms with van der Waals surface area (Å²) in [4.78, 5) is 4.03. The molecule has 0 saturated heterocycles. The molecule has 1 atom stereocenters. The molecule has 1 aromatic heterocycles. The van der Waals surface area contributed by atoms with Crippen molar-refractivity contribution in [2.24, 2.45) is 4.99 Å². The summed E-state index contributed by atoms with van der Waals surface area (Å²) in [5.41, 5.74) is 0. The van der Waals surface area contributed by atoms with Crippen LogP contribution in [0.4, 0.5) is 0 Å². The highest BCUT2D eigenvalue weighted by Gasteiger charge is 2.10. The van der Waals surface area contributed by atoms with Crippen molar-refractivity contribution in [2.75, 3.05) is 0 Å². The number of hydrogen-bond donors (Lipinski definition) is 0. The van der Waals surface area contributed by atoms with Gasteiger partial charge in [-0.25, -0.2) is 4.99 Å². The van der Waals surface area contributed by atoms with Gasteiger partial charge in [-0.1, -0.05) is 13.3 Å². The number of furan rings is 1. The molecule has 12 heavy (non-hydrogen) atoms. The van der Waals surface area contributed by atoms with Gasteiger partial charge < -0.3 is 4.42 Å². The van der Waals surface area contributed by atoms with E-state index in [9.17, 15) is 0 Å². The Morgan fingerprint density at radius 1 is 1.75 bits per heavy atom. The molecule has 0 aromatic carbocycles. The zero-order chi connectivity index (χ0) is 8.81. The summed E-state index contributed by atoms with van der Waals surface area (Å²) in [5.74, 6) is 0.870. The van der Waals surface area contributed by atoms with Crippen LogP contribution >= 0.6 is 12.2 Å². The molecule has 0 saturated carbocycles. The van der Waals surface area contributed by atoms with Crippen molar-refractivity contribution >= 4 is 17.4 Å². The first kappa shape index (κ1) is 9.17. The predicted octanol–water partition coefficient (Wildman–Crippen LogP) is 3.22. The minimum Gasteiger partial charge on any atom is -0.467 e. The lowest BCUT2D eigenvalue weighted by Gasteiger charge is -2.04. The fourth-order valence-corrected chi connectivity index (χ4v) is 1.22. The standard InChI is InChI=1S/C9H11NOS/c1-2-4-8(10-7-12)9-5-3-6-11-9/h3,5-6,8H,2,4H2,1H3. The molecule has 64 valence electrons. The molecule has 1 aromatic rings. The number of rotatable bonds is 4. The van der Waals surface area contributed by atoms with Crippen LogP contribution in [-0.4, -0.2) is 5.16 Å². The van der Waals surface area contributed by atoms with Crippen LogP contribution in [0.5, 0.6) is 0 Å². The third kappa shape index (κ3) is 2.29. The van der Waals surface area contributed by atoms with Crippen LogP contribution in [0, 0.1) is 0 Å². The Morgan fingerprint density at radius 3 is 3.08 bits per heavy atom. The van der Waals surface area contributed by atoms with E-state index in [1.807, 2.05) is 12.1 Å². The molecule has 0 amide bonds. The largest absolute Gasteiger partial charge is 0.467 e. The summed E-state index contributed by atoms with van der Waals surface area (Å²) in [5, 5.41) is 2.39. The second-order valence-corrected chi connectivity index (χ2v) is 2.72. The van der Waals surface area contributed by atoms with E-state index < -0.39 is 0 Å². The number of nitrogens with zero attached hydrogens (tertiary/aromatic N) is 1. The van der Waals surface area contributed by atoms with Gasteiger partial charge in [0.15, 0.2) is 0 Å². The SMILES string of the molecule is CCCC(N=C=S)c1ccco1. The topological polar surface area (TPSA) is 25.5 Å². The molecule has 0 radical (unpaired) electrons. The summed E-state index contributed by atoms with van der Waals surface area (Å²) in [6, 6.07) is 3.83. The smallest absolute Gasteiger partial charge is 0.129 e. The second-order valence-electron chi connectivity index (χ2n) is 2.54. The summed E-state index contributed by atoms with van der Waals surface area (Å²) in [6.07, 6.45) is 3.67. The lowest BCUT2D eigenvalue weighted by molar-refractivity contribution is 0.452. The van der Waals surface area contributed by atoms with Crippen LogP contribution < -0.4 is 0 Å². The minimum atomic E-state index is 0.0579. The van der Waals surface area contributed by atoms with E-state index >= 15 is 0 Å². The lowest BCUT2D eigenvalue weighted by Crippen LogP contribution is -1.91. The van der Waals surface area contributed by atoms with Crippen LogP contribution in [0.1, 0.15) is 31.6 Å². The maximum Gasteiger partial charge on any atom is 0.129 e. The molecule has 3 heteroatoms. The van der Waals surface area contributed by atoms with Gasteiger partial charge in [0.25, 0.3) is 0 Å². The molecule has 0 N–H and O–H groups in total. The van der Waals surface area contributed by atoms with Gasteiger partial charge in [0.1, 0.15) is 11.8 Å². The molecule has 0 fully saturated rings. The van der Waals surface area contributed by atoms with Crippen molar-refractivity contribution in [1.29, 1.82) is 0 Å². The van der Waals surface area contributed by atoms with Gasteiger partial charge in [-0.05, 0) is 30.8 Å². The summed E-state index contributed by atoms with van der Waals surface area (Å²) in [7, 11) is 0. The first-order chi connectivity index (χ1) is 5.88. The average Bonchev–Trinajstić information content (AvgIpc) is 2.56. The quantitative estimate of drug-likeness (QED) is 0.526. The Morgan fingerprint density at radius 2 is 2.58 bits per heavy atom. The number of hydrogen-bond acceptors (Lipinski definition) is 3. The van der Waals surface area contributed by atoms with Crippen LogP contribution in [-0.2, 0) is 0 Å². The molecule has 1 rings (SSSR count). The Bertz CT molecular complexity index is 262. The normalized spacial score (nSPS) is 12.1. The van der Waals surface area contributed by atoms with E-state index in [4.69, 9.17) is 4.42 Å².